The normalized spacial score (nSPS) is 12.0. The van der Waals surface area contributed by atoms with Crippen LogP contribution in [-0.2, 0) is 0 Å². The van der Waals surface area contributed by atoms with Gasteiger partial charge in [0.05, 0.1) is 0 Å². The number of aliphatic hydroxyl groups excluding tert-OH is 2. The quantitative estimate of drug-likeness (QED) is 0.451. The smallest absolute Gasteiger partial charge is 0.0431 e. The molecule has 0 aromatic heterocycles. The third kappa shape index (κ3) is 11.4. The summed E-state index contributed by atoms with van der Waals surface area (Å²) in [5.74, 6) is 0. The van der Waals surface area contributed by atoms with E-state index in [1.54, 1.807) is 0 Å². The van der Waals surface area contributed by atoms with E-state index in [9.17, 15) is 0 Å². The molecular formula is C17H36O2. The molecule has 0 aliphatic rings. The summed E-state index contributed by atoms with van der Waals surface area (Å²) in [7, 11) is 0. The maximum absolute atomic E-state index is 8.85. The van der Waals surface area contributed by atoms with Crippen LogP contribution < -0.4 is 0 Å². The van der Waals surface area contributed by atoms with Gasteiger partial charge in [-0.1, -0.05) is 58.8 Å². The topological polar surface area (TPSA) is 40.5 Å². The average molecular weight is 272 g/mol. The first-order valence-corrected chi connectivity index (χ1v) is 8.40. The van der Waals surface area contributed by atoms with Gasteiger partial charge in [-0.2, -0.15) is 0 Å². The SMILES string of the molecule is CCCCCC(C)(CCCCCO)CCCCCO. The Labute approximate surface area is 120 Å². The molecule has 0 heterocycles. The average Bonchev–Trinajstić information content (AvgIpc) is 2.41. The molecular weight excluding hydrogens is 236 g/mol. The van der Waals surface area contributed by atoms with Crippen molar-refractivity contribution in [2.75, 3.05) is 13.2 Å². The molecule has 0 aromatic rings. The summed E-state index contributed by atoms with van der Waals surface area (Å²) in [5, 5.41) is 17.7. The fourth-order valence-electron chi connectivity index (χ4n) is 2.86. The molecule has 0 fully saturated rings. The van der Waals surface area contributed by atoms with Crippen LogP contribution >= 0.6 is 0 Å². The molecule has 0 aromatic carbocycles. The molecule has 0 bridgehead atoms. The van der Waals surface area contributed by atoms with Crippen LogP contribution in [0.1, 0.15) is 90.9 Å². The zero-order valence-corrected chi connectivity index (χ0v) is 13.3. The minimum Gasteiger partial charge on any atom is -0.396 e. The first-order valence-electron chi connectivity index (χ1n) is 8.40. The van der Waals surface area contributed by atoms with E-state index in [2.05, 4.69) is 13.8 Å². The third-order valence-corrected chi connectivity index (χ3v) is 4.26. The van der Waals surface area contributed by atoms with Crippen molar-refractivity contribution >= 4 is 0 Å². The van der Waals surface area contributed by atoms with Crippen LogP contribution in [0.15, 0.2) is 0 Å². The van der Waals surface area contributed by atoms with Crippen LogP contribution in [-0.4, -0.2) is 23.4 Å². The molecule has 0 atom stereocenters. The Morgan fingerprint density at radius 1 is 0.632 bits per heavy atom. The van der Waals surface area contributed by atoms with Gasteiger partial charge in [-0.05, 0) is 37.5 Å². The molecule has 0 radical (unpaired) electrons. The molecule has 19 heavy (non-hydrogen) atoms. The maximum Gasteiger partial charge on any atom is 0.0431 e. The van der Waals surface area contributed by atoms with E-state index in [0.717, 1.165) is 25.7 Å². The van der Waals surface area contributed by atoms with Crippen LogP contribution in [0, 0.1) is 5.41 Å². The van der Waals surface area contributed by atoms with Crippen LogP contribution in [0.3, 0.4) is 0 Å². The zero-order valence-electron chi connectivity index (χ0n) is 13.3. The van der Waals surface area contributed by atoms with E-state index in [0.29, 0.717) is 18.6 Å². The summed E-state index contributed by atoms with van der Waals surface area (Å²) in [4.78, 5) is 0. The summed E-state index contributed by atoms with van der Waals surface area (Å²) in [6.07, 6.45) is 14.7. The van der Waals surface area contributed by atoms with Crippen molar-refractivity contribution in [3.8, 4) is 0 Å². The van der Waals surface area contributed by atoms with Crippen molar-refractivity contribution < 1.29 is 10.2 Å². The fourth-order valence-corrected chi connectivity index (χ4v) is 2.86. The highest BCUT2D eigenvalue weighted by Crippen LogP contribution is 2.36. The lowest BCUT2D eigenvalue weighted by molar-refractivity contribution is 0.213. The largest absolute Gasteiger partial charge is 0.396 e. The predicted molar refractivity (Wildman–Crippen MR) is 83.4 cm³/mol. The second kappa shape index (κ2) is 12.9. The number of aliphatic hydroxyl groups is 2. The third-order valence-electron chi connectivity index (χ3n) is 4.26. The minimum atomic E-state index is 0.336. The summed E-state index contributed by atoms with van der Waals surface area (Å²) in [5.41, 5.74) is 0.486. The second-order valence-corrected chi connectivity index (χ2v) is 6.34. The number of unbranched alkanes of at least 4 members (excludes halogenated alkanes) is 6. The van der Waals surface area contributed by atoms with Crippen LogP contribution in [0.2, 0.25) is 0 Å². The molecule has 0 rings (SSSR count). The lowest BCUT2D eigenvalue weighted by Gasteiger charge is -2.30. The van der Waals surface area contributed by atoms with Gasteiger partial charge in [0.1, 0.15) is 0 Å². The minimum absolute atomic E-state index is 0.336. The van der Waals surface area contributed by atoms with Gasteiger partial charge in [-0.3, -0.25) is 0 Å². The molecule has 0 saturated heterocycles. The van der Waals surface area contributed by atoms with Crippen LogP contribution in [0.5, 0.6) is 0 Å². The van der Waals surface area contributed by atoms with E-state index < -0.39 is 0 Å². The number of rotatable bonds is 14. The highest BCUT2D eigenvalue weighted by molar-refractivity contribution is 4.74. The monoisotopic (exact) mass is 272 g/mol. The highest BCUT2D eigenvalue weighted by Gasteiger charge is 2.22. The van der Waals surface area contributed by atoms with E-state index in [-0.39, 0.29) is 0 Å². The summed E-state index contributed by atoms with van der Waals surface area (Å²) >= 11 is 0. The lowest BCUT2D eigenvalue weighted by atomic mass is 9.76. The summed E-state index contributed by atoms with van der Waals surface area (Å²) < 4.78 is 0. The van der Waals surface area contributed by atoms with Crippen molar-refractivity contribution in [3.05, 3.63) is 0 Å². The van der Waals surface area contributed by atoms with Gasteiger partial charge >= 0.3 is 0 Å². The van der Waals surface area contributed by atoms with Gasteiger partial charge < -0.3 is 10.2 Å². The molecule has 116 valence electrons. The van der Waals surface area contributed by atoms with Crippen molar-refractivity contribution in [1.29, 1.82) is 0 Å². The van der Waals surface area contributed by atoms with Crippen LogP contribution in [0.25, 0.3) is 0 Å². The Balaban J connectivity index is 3.96. The van der Waals surface area contributed by atoms with Gasteiger partial charge in [-0.25, -0.2) is 0 Å². The molecule has 2 heteroatoms. The molecule has 0 aliphatic carbocycles. The molecule has 2 N–H and O–H groups in total. The lowest BCUT2D eigenvalue weighted by Crippen LogP contribution is -2.16. The molecule has 0 aliphatic heterocycles. The highest BCUT2D eigenvalue weighted by atomic mass is 16.3. The molecule has 0 spiro atoms. The molecule has 0 amide bonds. The standard InChI is InChI=1S/C17H36O2/c1-3-4-7-12-17(2,13-8-5-10-15-18)14-9-6-11-16-19/h18-19H,3-16H2,1-2H3. The maximum atomic E-state index is 8.85. The first-order chi connectivity index (χ1) is 9.18. The summed E-state index contributed by atoms with van der Waals surface area (Å²) in [6, 6.07) is 0. The van der Waals surface area contributed by atoms with Crippen molar-refractivity contribution in [3.63, 3.8) is 0 Å². The molecule has 2 nitrogen and oxygen atoms in total. The van der Waals surface area contributed by atoms with Gasteiger partial charge in [0.25, 0.3) is 0 Å². The van der Waals surface area contributed by atoms with Crippen molar-refractivity contribution in [2.45, 2.75) is 90.9 Å². The predicted octanol–water partition coefficient (Wildman–Crippen LogP) is 4.68. The Morgan fingerprint density at radius 2 is 1.05 bits per heavy atom. The van der Waals surface area contributed by atoms with E-state index in [1.165, 1.54) is 51.4 Å². The van der Waals surface area contributed by atoms with Crippen molar-refractivity contribution in [2.24, 2.45) is 5.41 Å². The zero-order chi connectivity index (χ0) is 14.4. The van der Waals surface area contributed by atoms with Crippen molar-refractivity contribution in [1.82, 2.24) is 0 Å². The molecule has 0 saturated carbocycles. The summed E-state index contributed by atoms with van der Waals surface area (Å²) in [6.45, 7) is 5.38. The van der Waals surface area contributed by atoms with Gasteiger partial charge in [0.15, 0.2) is 0 Å². The Kier molecular flexibility index (Phi) is 12.9. The van der Waals surface area contributed by atoms with E-state index >= 15 is 0 Å². The fraction of sp³-hybridized carbons (Fsp3) is 1.00. The van der Waals surface area contributed by atoms with E-state index in [1.807, 2.05) is 0 Å². The number of hydrogen-bond donors (Lipinski definition) is 2. The molecule has 0 unspecified atom stereocenters. The van der Waals surface area contributed by atoms with Gasteiger partial charge in [0, 0.05) is 13.2 Å². The van der Waals surface area contributed by atoms with Gasteiger partial charge in [-0.15, -0.1) is 0 Å². The first kappa shape index (κ1) is 18.9. The Bertz CT molecular complexity index is 168. The number of hydrogen-bond acceptors (Lipinski definition) is 2. The second-order valence-electron chi connectivity index (χ2n) is 6.34. The van der Waals surface area contributed by atoms with Crippen LogP contribution in [0.4, 0.5) is 0 Å². The Morgan fingerprint density at radius 3 is 1.42 bits per heavy atom. The Hall–Kier alpha value is -0.0800. The van der Waals surface area contributed by atoms with E-state index in [4.69, 9.17) is 10.2 Å². The van der Waals surface area contributed by atoms with Gasteiger partial charge in [0.2, 0.25) is 0 Å².